The molecule has 0 saturated carbocycles. The molecule has 2 fully saturated rings. The van der Waals surface area contributed by atoms with Gasteiger partial charge in [-0.05, 0) is 56.2 Å². The quantitative estimate of drug-likeness (QED) is 0.289. The predicted octanol–water partition coefficient (Wildman–Crippen LogP) is 5.09. The highest BCUT2D eigenvalue weighted by Crippen LogP contribution is 2.61. The second-order valence-corrected chi connectivity index (χ2v) is 13.5. The van der Waals surface area contributed by atoms with Crippen LogP contribution in [0, 0.1) is 11.8 Å². The van der Waals surface area contributed by atoms with Gasteiger partial charge in [0.25, 0.3) is 5.91 Å². The largest absolute Gasteiger partial charge is 0.494 e. The van der Waals surface area contributed by atoms with Crippen molar-refractivity contribution in [1.29, 1.82) is 0 Å². The molecule has 1 unspecified atom stereocenters. The van der Waals surface area contributed by atoms with Gasteiger partial charge in [-0.2, -0.15) is 0 Å². The lowest BCUT2D eigenvalue weighted by Gasteiger charge is -2.35. The number of aliphatic hydroxyl groups is 1. The Morgan fingerprint density at radius 2 is 1.68 bits per heavy atom. The Bertz CT molecular complexity index is 1470. The molecule has 0 bridgehead atoms. The van der Waals surface area contributed by atoms with Crippen LogP contribution in [0.25, 0.3) is 0 Å². The molecule has 44 heavy (non-hydrogen) atoms. The zero-order valence-electron chi connectivity index (χ0n) is 24.8. The number of hydrogen-bond acceptors (Lipinski definition) is 6. The topological polar surface area (TPSA) is 90.4 Å². The molecule has 3 amide bonds. The normalized spacial score (nSPS) is 27.7. The van der Waals surface area contributed by atoms with Crippen LogP contribution in [0.2, 0.25) is 5.02 Å². The molecule has 2 aromatic rings. The molecule has 0 radical (unpaired) electrons. The number of ether oxygens (including phenoxy) is 1. The number of aliphatic hydroxyl groups excluding tert-OH is 1. The monoisotopic (exact) mass is 635 g/mol. The minimum Gasteiger partial charge on any atom is -0.494 e. The maximum Gasteiger partial charge on any atom is 0.251 e. The van der Waals surface area contributed by atoms with Crippen LogP contribution in [-0.4, -0.2) is 76.6 Å². The minimum absolute atomic E-state index is 0.108. The molecule has 232 valence electrons. The van der Waals surface area contributed by atoms with Gasteiger partial charge in [-0.25, -0.2) is 0 Å². The molecular weight excluding hydrogens is 598 g/mol. The first kappa shape index (κ1) is 30.7. The Kier molecular flexibility index (Phi) is 9.08. The first-order valence-corrected chi connectivity index (χ1v) is 16.7. The van der Waals surface area contributed by atoms with Crippen molar-refractivity contribution in [3.8, 4) is 5.75 Å². The smallest absolute Gasteiger partial charge is 0.251 e. The average molecular weight is 636 g/mol. The van der Waals surface area contributed by atoms with Gasteiger partial charge in [-0.3, -0.25) is 14.4 Å². The molecule has 4 aliphatic rings. The molecule has 2 aromatic carbocycles. The number of anilines is 2. The SMILES string of the molecule is CCOc1ccc(N2CC=C[C@@H]3S[C@]45C=CCN(c6ccccc6Cl)C(=O)C4N(CCCCCCO)C(=O)[C@@H]5[C@@H]3C2=O)cc1. The van der Waals surface area contributed by atoms with Crippen LogP contribution in [0.1, 0.15) is 32.6 Å². The van der Waals surface area contributed by atoms with Crippen LogP contribution in [0.3, 0.4) is 0 Å². The van der Waals surface area contributed by atoms with Crippen molar-refractivity contribution in [2.75, 3.05) is 42.6 Å². The summed E-state index contributed by atoms with van der Waals surface area (Å²) in [6.07, 6.45) is 11.1. The third-order valence-corrected chi connectivity index (χ3v) is 11.1. The lowest BCUT2D eigenvalue weighted by atomic mass is 9.78. The minimum atomic E-state index is -0.896. The summed E-state index contributed by atoms with van der Waals surface area (Å²) >= 11 is 8.15. The van der Waals surface area contributed by atoms with Gasteiger partial charge in [0.15, 0.2) is 0 Å². The van der Waals surface area contributed by atoms with E-state index in [1.807, 2.05) is 73.7 Å². The molecule has 1 spiro atoms. The third kappa shape index (κ3) is 5.33. The number of unbranched alkanes of at least 4 members (excludes halogenated alkanes) is 3. The number of likely N-dealkylation sites (tertiary alicyclic amines) is 1. The number of amides is 3. The molecular formula is C34H38ClN3O5S. The molecule has 4 heterocycles. The van der Waals surface area contributed by atoms with Crippen molar-refractivity contribution in [3.05, 3.63) is 77.9 Å². The van der Waals surface area contributed by atoms with Crippen molar-refractivity contribution in [3.63, 3.8) is 0 Å². The summed E-state index contributed by atoms with van der Waals surface area (Å²) in [5.74, 6) is -1.01. The van der Waals surface area contributed by atoms with Crippen LogP contribution in [0.4, 0.5) is 11.4 Å². The zero-order chi connectivity index (χ0) is 30.8. The van der Waals surface area contributed by atoms with Gasteiger partial charge in [-0.15, -0.1) is 11.8 Å². The fourth-order valence-electron chi connectivity index (χ4n) is 7.13. The van der Waals surface area contributed by atoms with E-state index in [4.69, 9.17) is 16.3 Å². The molecule has 0 aliphatic carbocycles. The molecule has 2 saturated heterocycles. The summed E-state index contributed by atoms with van der Waals surface area (Å²) in [5.41, 5.74) is 1.35. The highest BCUT2D eigenvalue weighted by Gasteiger charge is 2.71. The van der Waals surface area contributed by atoms with E-state index in [2.05, 4.69) is 0 Å². The van der Waals surface area contributed by atoms with E-state index in [-0.39, 0.29) is 29.6 Å². The standard InChI is InChI=1S/C34H38ClN3O5S/c1-2-43-24-16-14-23(15-17-24)36-20-9-13-27-28(31(36)40)29-32(41)38(19-7-3-4-8-22-39)30-33(42)37(21-10-18-34(29,30)44-27)26-12-6-5-11-25(26)35/h5-6,9-18,27-30,39H,2-4,7-8,19-22H2,1H3/t27-,28+,29-,30?,34-/m0/s1. The Morgan fingerprint density at radius 3 is 2.43 bits per heavy atom. The number of benzene rings is 2. The lowest BCUT2D eigenvalue weighted by molar-refractivity contribution is -0.138. The van der Waals surface area contributed by atoms with E-state index in [0.29, 0.717) is 49.8 Å². The van der Waals surface area contributed by atoms with Gasteiger partial charge < -0.3 is 24.5 Å². The molecule has 1 N–H and O–H groups in total. The second-order valence-electron chi connectivity index (χ2n) is 11.6. The van der Waals surface area contributed by atoms with E-state index in [0.717, 1.165) is 24.3 Å². The number of fused-ring (bicyclic) bond motifs is 2. The summed E-state index contributed by atoms with van der Waals surface area (Å²) in [7, 11) is 0. The fraction of sp³-hybridized carbons (Fsp3) is 0.441. The van der Waals surface area contributed by atoms with Crippen LogP contribution >= 0.6 is 23.4 Å². The molecule has 4 aliphatic heterocycles. The van der Waals surface area contributed by atoms with Gasteiger partial charge in [0, 0.05) is 37.2 Å². The molecule has 8 nitrogen and oxygen atoms in total. The van der Waals surface area contributed by atoms with Gasteiger partial charge in [0.05, 0.1) is 33.9 Å². The van der Waals surface area contributed by atoms with E-state index < -0.39 is 22.6 Å². The molecule has 6 rings (SSSR count). The fourth-order valence-corrected chi connectivity index (χ4v) is 9.38. The summed E-state index contributed by atoms with van der Waals surface area (Å²) in [6.45, 7) is 3.75. The first-order chi connectivity index (χ1) is 21.4. The van der Waals surface area contributed by atoms with Gasteiger partial charge in [-0.1, -0.05) is 60.9 Å². The van der Waals surface area contributed by atoms with Gasteiger partial charge in [0.2, 0.25) is 11.8 Å². The highest BCUT2D eigenvalue weighted by atomic mass is 35.5. The van der Waals surface area contributed by atoms with E-state index >= 15 is 0 Å². The summed E-state index contributed by atoms with van der Waals surface area (Å²) in [5, 5.41) is 9.44. The van der Waals surface area contributed by atoms with Crippen LogP contribution in [0.15, 0.2) is 72.8 Å². The Balaban J connectivity index is 1.37. The maximum atomic E-state index is 14.6. The van der Waals surface area contributed by atoms with Crippen molar-refractivity contribution in [1.82, 2.24) is 4.90 Å². The average Bonchev–Trinajstić information content (AvgIpc) is 3.33. The Hall–Kier alpha value is -3.27. The number of halogens is 1. The second kappa shape index (κ2) is 13.0. The number of hydrogen-bond donors (Lipinski definition) is 1. The van der Waals surface area contributed by atoms with Crippen LogP contribution in [-0.2, 0) is 14.4 Å². The molecule has 10 heteroatoms. The molecule has 5 atom stereocenters. The Morgan fingerprint density at radius 1 is 0.932 bits per heavy atom. The number of nitrogens with zero attached hydrogens (tertiary/aromatic N) is 3. The van der Waals surface area contributed by atoms with Crippen molar-refractivity contribution in [2.24, 2.45) is 11.8 Å². The van der Waals surface area contributed by atoms with Crippen LogP contribution in [0.5, 0.6) is 5.75 Å². The third-order valence-electron chi connectivity index (χ3n) is 9.07. The lowest BCUT2D eigenvalue weighted by Crippen LogP contribution is -2.53. The van der Waals surface area contributed by atoms with Crippen molar-refractivity contribution >= 4 is 52.5 Å². The first-order valence-electron chi connectivity index (χ1n) is 15.4. The number of rotatable bonds is 10. The Labute approximate surface area is 267 Å². The van der Waals surface area contributed by atoms with Crippen molar-refractivity contribution < 1.29 is 24.2 Å². The van der Waals surface area contributed by atoms with E-state index in [9.17, 15) is 19.5 Å². The zero-order valence-corrected chi connectivity index (χ0v) is 26.4. The van der Waals surface area contributed by atoms with Gasteiger partial charge >= 0.3 is 0 Å². The number of thioether (sulfide) groups is 1. The number of carbonyl (C=O) groups is 3. The summed E-state index contributed by atoms with van der Waals surface area (Å²) in [4.78, 5) is 48.7. The number of carbonyl (C=O) groups excluding carboxylic acids is 3. The van der Waals surface area contributed by atoms with E-state index in [1.54, 1.807) is 32.5 Å². The van der Waals surface area contributed by atoms with Gasteiger partial charge in [0.1, 0.15) is 11.8 Å². The number of para-hydroxylation sites is 1. The summed E-state index contributed by atoms with van der Waals surface area (Å²) in [6, 6.07) is 14.0. The predicted molar refractivity (Wildman–Crippen MR) is 174 cm³/mol. The highest BCUT2D eigenvalue weighted by molar-refractivity contribution is 8.02. The van der Waals surface area contributed by atoms with E-state index in [1.165, 1.54) is 0 Å². The maximum absolute atomic E-state index is 14.6. The van der Waals surface area contributed by atoms with Crippen molar-refractivity contribution in [2.45, 2.75) is 48.6 Å². The summed E-state index contributed by atoms with van der Waals surface area (Å²) < 4.78 is 4.70. The van der Waals surface area contributed by atoms with Crippen LogP contribution < -0.4 is 14.5 Å². The molecule has 0 aromatic heterocycles.